The average molecular weight is 136 g/mol. The van der Waals surface area contributed by atoms with Gasteiger partial charge in [0.05, 0.1) is 11.5 Å². The summed E-state index contributed by atoms with van der Waals surface area (Å²) in [5.74, 6) is 0. The number of piperidine rings is 1. The lowest BCUT2D eigenvalue weighted by atomic mass is 10.1. The number of aliphatic hydroxyl groups is 1. The number of alkyl halides is 1. The van der Waals surface area contributed by atoms with Crippen molar-refractivity contribution in [1.82, 2.24) is 5.32 Å². The molecule has 0 spiro atoms. The van der Waals surface area contributed by atoms with Crippen molar-refractivity contribution < 1.29 is 5.11 Å². The first-order chi connectivity index (χ1) is 3.80. The number of aliphatic hydroxyl groups excluding tert-OH is 1. The van der Waals surface area contributed by atoms with Crippen LogP contribution >= 0.6 is 11.6 Å². The van der Waals surface area contributed by atoms with Gasteiger partial charge < -0.3 is 10.4 Å². The number of nitrogens with one attached hydrogen (secondary N) is 1. The third-order valence-electron chi connectivity index (χ3n) is 1.37. The second-order valence-electron chi connectivity index (χ2n) is 2.08. The summed E-state index contributed by atoms with van der Waals surface area (Å²) in [6, 6.07) is 0. The van der Waals surface area contributed by atoms with Crippen molar-refractivity contribution in [2.75, 3.05) is 13.1 Å². The van der Waals surface area contributed by atoms with Crippen LogP contribution < -0.4 is 5.32 Å². The molecular formula is C5H10ClNO. The van der Waals surface area contributed by atoms with Crippen molar-refractivity contribution in [3.05, 3.63) is 0 Å². The Balaban J connectivity index is 2.28. The third-order valence-corrected chi connectivity index (χ3v) is 1.88. The van der Waals surface area contributed by atoms with E-state index >= 15 is 0 Å². The molecule has 0 aromatic rings. The van der Waals surface area contributed by atoms with E-state index in [9.17, 15) is 0 Å². The first-order valence-electron chi connectivity index (χ1n) is 2.83. The van der Waals surface area contributed by atoms with E-state index in [1.807, 2.05) is 0 Å². The van der Waals surface area contributed by atoms with Gasteiger partial charge in [0.2, 0.25) is 0 Å². The first-order valence-corrected chi connectivity index (χ1v) is 3.27. The standard InChI is InChI=1S/C5H10ClNO/c6-4-1-2-7-3-5(4)8/h4-5,7-8H,1-3H2. The number of hydrogen-bond acceptors (Lipinski definition) is 2. The summed E-state index contributed by atoms with van der Waals surface area (Å²) in [5.41, 5.74) is 0. The van der Waals surface area contributed by atoms with E-state index < -0.39 is 0 Å². The van der Waals surface area contributed by atoms with Gasteiger partial charge in [-0.1, -0.05) is 0 Å². The molecule has 0 saturated carbocycles. The molecule has 0 amide bonds. The van der Waals surface area contributed by atoms with Crippen molar-refractivity contribution in [3.63, 3.8) is 0 Å². The molecule has 2 N–H and O–H groups in total. The highest BCUT2D eigenvalue weighted by atomic mass is 35.5. The van der Waals surface area contributed by atoms with E-state index in [-0.39, 0.29) is 11.5 Å². The van der Waals surface area contributed by atoms with Crippen LogP contribution in [0.5, 0.6) is 0 Å². The molecule has 0 aromatic carbocycles. The van der Waals surface area contributed by atoms with Crippen LogP contribution in [0, 0.1) is 0 Å². The summed E-state index contributed by atoms with van der Waals surface area (Å²) in [6.45, 7) is 1.58. The molecule has 48 valence electrons. The molecular weight excluding hydrogens is 126 g/mol. The molecule has 0 aliphatic carbocycles. The van der Waals surface area contributed by atoms with Crippen LogP contribution in [0.3, 0.4) is 0 Å². The molecule has 1 aliphatic heterocycles. The van der Waals surface area contributed by atoms with Gasteiger partial charge >= 0.3 is 0 Å². The quantitative estimate of drug-likeness (QED) is 0.457. The molecule has 1 aliphatic rings. The minimum atomic E-state index is -0.342. The lowest BCUT2D eigenvalue weighted by Gasteiger charge is -2.22. The zero-order valence-electron chi connectivity index (χ0n) is 4.60. The first kappa shape index (κ1) is 6.33. The highest BCUT2D eigenvalue weighted by Crippen LogP contribution is 2.09. The molecule has 2 nitrogen and oxygen atoms in total. The fourth-order valence-corrected chi connectivity index (χ4v) is 1.01. The van der Waals surface area contributed by atoms with Crippen LogP contribution in [-0.4, -0.2) is 29.7 Å². The predicted octanol–water partition coefficient (Wildman–Crippen LogP) is -0.0520. The number of hydrogen-bond donors (Lipinski definition) is 2. The summed E-state index contributed by atoms with van der Waals surface area (Å²) in [7, 11) is 0. The molecule has 2 atom stereocenters. The van der Waals surface area contributed by atoms with E-state index in [0.717, 1.165) is 13.0 Å². The largest absolute Gasteiger partial charge is 0.390 e. The monoisotopic (exact) mass is 135 g/mol. The topological polar surface area (TPSA) is 32.3 Å². The Hall–Kier alpha value is 0.210. The number of rotatable bonds is 0. The molecule has 0 aromatic heterocycles. The number of halogens is 1. The van der Waals surface area contributed by atoms with Crippen LogP contribution in [-0.2, 0) is 0 Å². The summed E-state index contributed by atoms with van der Waals surface area (Å²) in [5, 5.41) is 12.0. The van der Waals surface area contributed by atoms with Crippen LogP contribution in [0.25, 0.3) is 0 Å². The molecule has 1 saturated heterocycles. The van der Waals surface area contributed by atoms with Gasteiger partial charge in [0.25, 0.3) is 0 Å². The lowest BCUT2D eigenvalue weighted by molar-refractivity contribution is 0.146. The molecule has 1 fully saturated rings. The average Bonchev–Trinajstić information content (AvgIpc) is 1.77. The van der Waals surface area contributed by atoms with Gasteiger partial charge in [-0.05, 0) is 13.0 Å². The third kappa shape index (κ3) is 1.34. The normalized spacial score (nSPS) is 39.8. The van der Waals surface area contributed by atoms with Crippen molar-refractivity contribution >= 4 is 11.6 Å². The summed E-state index contributed by atoms with van der Waals surface area (Å²) < 4.78 is 0. The maximum atomic E-state index is 8.98. The summed E-state index contributed by atoms with van der Waals surface area (Å²) in [6.07, 6.45) is 0.535. The van der Waals surface area contributed by atoms with E-state index in [2.05, 4.69) is 5.32 Å². The van der Waals surface area contributed by atoms with E-state index in [1.165, 1.54) is 0 Å². The van der Waals surface area contributed by atoms with Gasteiger partial charge in [-0.3, -0.25) is 0 Å². The lowest BCUT2D eigenvalue weighted by Crippen LogP contribution is -2.41. The maximum absolute atomic E-state index is 8.98. The van der Waals surface area contributed by atoms with Gasteiger partial charge in [-0.25, -0.2) is 0 Å². The fourth-order valence-electron chi connectivity index (χ4n) is 0.810. The Morgan fingerprint density at radius 1 is 1.62 bits per heavy atom. The molecule has 0 radical (unpaired) electrons. The van der Waals surface area contributed by atoms with Gasteiger partial charge in [0.1, 0.15) is 0 Å². The minimum absolute atomic E-state index is 0.0312. The van der Waals surface area contributed by atoms with E-state index in [0.29, 0.717) is 6.54 Å². The van der Waals surface area contributed by atoms with E-state index in [1.54, 1.807) is 0 Å². The van der Waals surface area contributed by atoms with Crippen LogP contribution in [0.2, 0.25) is 0 Å². The molecule has 2 unspecified atom stereocenters. The van der Waals surface area contributed by atoms with Crippen molar-refractivity contribution in [3.8, 4) is 0 Å². The molecule has 8 heavy (non-hydrogen) atoms. The second-order valence-corrected chi connectivity index (χ2v) is 2.64. The van der Waals surface area contributed by atoms with Crippen molar-refractivity contribution in [2.24, 2.45) is 0 Å². The Morgan fingerprint density at radius 3 is 2.75 bits per heavy atom. The Morgan fingerprint density at radius 2 is 2.38 bits per heavy atom. The SMILES string of the molecule is OC1CNCCC1Cl. The second kappa shape index (κ2) is 2.67. The Kier molecular flexibility index (Phi) is 2.11. The van der Waals surface area contributed by atoms with Crippen LogP contribution in [0.4, 0.5) is 0 Å². The molecule has 1 rings (SSSR count). The van der Waals surface area contributed by atoms with Crippen LogP contribution in [0.1, 0.15) is 6.42 Å². The van der Waals surface area contributed by atoms with Crippen molar-refractivity contribution in [2.45, 2.75) is 17.9 Å². The molecule has 0 bridgehead atoms. The molecule has 3 heteroatoms. The van der Waals surface area contributed by atoms with Gasteiger partial charge in [-0.15, -0.1) is 11.6 Å². The highest BCUT2D eigenvalue weighted by Gasteiger charge is 2.19. The fraction of sp³-hybridized carbons (Fsp3) is 1.00. The van der Waals surface area contributed by atoms with Crippen molar-refractivity contribution in [1.29, 1.82) is 0 Å². The Labute approximate surface area is 53.8 Å². The summed E-state index contributed by atoms with van der Waals surface area (Å²) >= 11 is 5.68. The smallest absolute Gasteiger partial charge is 0.0828 e. The highest BCUT2D eigenvalue weighted by molar-refractivity contribution is 6.21. The van der Waals surface area contributed by atoms with Gasteiger partial charge in [-0.2, -0.15) is 0 Å². The molecule has 1 heterocycles. The summed E-state index contributed by atoms with van der Waals surface area (Å²) in [4.78, 5) is 0. The van der Waals surface area contributed by atoms with Gasteiger partial charge in [0.15, 0.2) is 0 Å². The Bertz CT molecular complexity index is 68.8. The predicted molar refractivity (Wildman–Crippen MR) is 33.1 cm³/mol. The maximum Gasteiger partial charge on any atom is 0.0828 e. The van der Waals surface area contributed by atoms with Crippen LogP contribution in [0.15, 0.2) is 0 Å². The zero-order chi connectivity index (χ0) is 5.98. The number of β-amino-alcohol motifs (C(OH)–C–C–N with tert-alkyl or cyclic N) is 1. The van der Waals surface area contributed by atoms with Gasteiger partial charge in [0, 0.05) is 6.54 Å². The minimum Gasteiger partial charge on any atom is -0.390 e. The van der Waals surface area contributed by atoms with E-state index in [4.69, 9.17) is 16.7 Å². The zero-order valence-corrected chi connectivity index (χ0v) is 5.36.